The zero-order chi connectivity index (χ0) is 11.7. The lowest BCUT2D eigenvalue weighted by Gasteiger charge is -2.23. The van der Waals surface area contributed by atoms with Crippen molar-refractivity contribution in [2.75, 3.05) is 0 Å². The first-order valence-electron chi connectivity index (χ1n) is 6.35. The smallest absolute Gasteiger partial charge is 0.0797 e. The molecule has 1 aromatic heterocycles. The predicted molar refractivity (Wildman–Crippen MR) is 64.5 cm³/mol. The number of aryl methyl sites for hydroxylation is 1. The Labute approximate surface area is 97.5 Å². The third-order valence-electron chi connectivity index (χ3n) is 3.72. The maximum Gasteiger partial charge on any atom is 0.0797 e. The maximum absolute atomic E-state index is 9.74. The summed E-state index contributed by atoms with van der Waals surface area (Å²) >= 11 is 0. The van der Waals surface area contributed by atoms with E-state index in [1.54, 1.807) is 0 Å². The van der Waals surface area contributed by atoms with Crippen LogP contribution in [0.15, 0.2) is 0 Å². The fourth-order valence-electron chi connectivity index (χ4n) is 2.96. The number of aliphatic hydroxyl groups excluding tert-OH is 1. The standard InChI is InChI=1S/C13H22N2O/c1-9-13(11(3)16)10(2)15(14-9)12-7-5-4-6-8-12/h11-12,16H,4-8H2,1-3H3. The van der Waals surface area contributed by atoms with Crippen LogP contribution in [0, 0.1) is 13.8 Å². The molecule has 2 rings (SSSR count). The summed E-state index contributed by atoms with van der Waals surface area (Å²) in [5.74, 6) is 0. The largest absolute Gasteiger partial charge is 0.389 e. The van der Waals surface area contributed by atoms with Gasteiger partial charge in [0, 0.05) is 11.3 Å². The van der Waals surface area contributed by atoms with Crippen LogP contribution >= 0.6 is 0 Å². The molecule has 3 heteroatoms. The minimum Gasteiger partial charge on any atom is -0.389 e. The second-order valence-electron chi connectivity index (χ2n) is 5.00. The van der Waals surface area contributed by atoms with Gasteiger partial charge in [0.1, 0.15) is 0 Å². The summed E-state index contributed by atoms with van der Waals surface area (Å²) < 4.78 is 2.15. The first-order chi connectivity index (χ1) is 7.61. The van der Waals surface area contributed by atoms with Crippen molar-refractivity contribution in [3.63, 3.8) is 0 Å². The Morgan fingerprint density at radius 3 is 2.38 bits per heavy atom. The lowest BCUT2D eigenvalue weighted by Crippen LogP contribution is -2.15. The molecule has 16 heavy (non-hydrogen) atoms. The molecule has 0 aromatic carbocycles. The molecule has 0 saturated heterocycles. The van der Waals surface area contributed by atoms with E-state index in [2.05, 4.69) is 16.7 Å². The van der Waals surface area contributed by atoms with Crippen molar-refractivity contribution in [1.82, 2.24) is 9.78 Å². The van der Waals surface area contributed by atoms with Crippen molar-refractivity contribution in [3.05, 3.63) is 17.0 Å². The zero-order valence-corrected chi connectivity index (χ0v) is 10.5. The van der Waals surface area contributed by atoms with Crippen molar-refractivity contribution in [2.45, 2.75) is 65.0 Å². The van der Waals surface area contributed by atoms with E-state index in [1.165, 1.54) is 32.1 Å². The third kappa shape index (κ3) is 2.01. The topological polar surface area (TPSA) is 38.0 Å². The zero-order valence-electron chi connectivity index (χ0n) is 10.5. The van der Waals surface area contributed by atoms with E-state index < -0.39 is 6.10 Å². The monoisotopic (exact) mass is 222 g/mol. The van der Waals surface area contributed by atoms with Gasteiger partial charge < -0.3 is 5.11 Å². The molecular weight excluding hydrogens is 200 g/mol. The van der Waals surface area contributed by atoms with Gasteiger partial charge in [-0.3, -0.25) is 4.68 Å². The van der Waals surface area contributed by atoms with Gasteiger partial charge in [0.05, 0.1) is 17.8 Å². The first kappa shape index (κ1) is 11.6. The van der Waals surface area contributed by atoms with Crippen LogP contribution in [0.4, 0.5) is 0 Å². The fraction of sp³-hybridized carbons (Fsp3) is 0.769. The van der Waals surface area contributed by atoms with Gasteiger partial charge in [-0.1, -0.05) is 19.3 Å². The van der Waals surface area contributed by atoms with E-state index in [1.807, 2.05) is 13.8 Å². The Kier molecular flexibility index (Phi) is 3.33. The Bertz CT molecular complexity index is 362. The maximum atomic E-state index is 9.74. The fourth-order valence-corrected chi connectivity index (χ4v) is 2.96. The predicted octanol–water partition coefficient (Wildman–Crippen LogP) is 3.06. The van der Waals surface area contributed by atoms with Crippen LogP contribution in [-0.2, 0) is 0 Å². The molecule has 0 spiro atoms. The van der Waals surface area contributed by atoms with Crippen LogP contribution in [0.3, 0.4) is 0 Å². The van der Waals surface area contributed by atoms with E-state index in [4.69, 9.17) is 0 Å². The Morgan fingerprint density at radius 1 is 1.25 bits per heavy atom. The van der Waals surface area contributed by atoms with Gasteiger partial charge in [0.15, 0.2) is 0 Å². The molecule has 0 radical (unpaired) electrons. The average molecular weight is 222 g/mol. The van der Waals surface area contributed by atoms with Crippen LogP contribution < -0.4 is 0 Å². The molecule has 1 aliphatic carbocycles. The Hall–Kier alpha value is -0.830. The summed E-state index contributed by atoms with van der Waals surface area (Å²) in [5.41, 5.74) is 3.16. The van der Waals surface area contributed by atoms with E-state index in [0.29, 0.717) is 6.04 Å². The highest BCUT2D eigenvalue weighted by Crippen LogP contribution is 2.31. The average Bonchev–Trinajstić information content (AvgIpc) is 2.55. The minimum absolute atomic E-state index is 0.405. The molecule has 90 valence electrons. The number of aromatic nitrogens is 2. The molecule has 1 saturated carbocycles. The SMILES string of the molecule is Cc1nn(C2CCCCC2)c(C)c1C(C)O. The molecular formula is C13H22N2O. The first-order valence-corrected chi connectivity index (χ1v) is 6.35. The normalized spacial score (nSPS) is 20.0. The highest BCUT2D eigenvalue weighted by atomic mass is 16.3. The van der Waals surface area contributed by atoms with Crippen molar-refractivity contribution < 1.29 is 5.11 Å². The number of rotatable bonds is 2. The summed E-state index contributed by atoms with van der Waals surface area (Å²) in [4.78, 5) is 0. The second kappa shape index (κ2) is 4.58. The summed E-state index contributed by atoms with van der Waals surface area (Å²) in [6, 6.07) is 0.556. The van der Waals surface area contributed by atoms with Gasteiger partial charge in [-0.25, -0.2) is 0 Å². The van der Waals surface area contributed by atoms with Crippen LogP contribution in [-0.4, -0.2) is 14.9 Å². The molecule has 1 N–H and O–H groups in total. The molecule has 0 amide bonds. The van der Waals surface area contributed by atoms with Gasteiger partial charge in [-0.15, -0.1) is 0 Å². The van der Waals surface area contributed by atoms with Crippen molar-refractivity contribution in [1.29, 1.82) is 0 Å². The molecule has 0 aliphatic heterocycles. The van der Waals surface area contributed by atoms with Crippen LogP contribution in [0.25, 0.3) is 0 Å². The van der Waals surface area contributed by atoms with E-state index >= 15 is 0 Å². The van der Waals surface area contributed by atoms with Crippen molar-refractivity contribution >= 4 is 0 Å². The number of hydrogen-bond donors (Lipinski definition) is 1. The molecule has 1 aromatic rings. The van der Waals surface area contributed by atoms with Crippen molar-refractivity contribution in [2.24, 2.45) is 0 Å². The second-order valence-corrected chi connectivity index (χ2v) is 5.00. The summed E-state index contributed by atoms with van der Waals surface area (Å²) in [6.07, 6.45) is 6.05. The Morgan fingerprint density at radius 2 is 1.88 bits per heavy atom. The molecule has 1 fully saturated rings. The lowest BCUT2D eigenvalue weighted by atomic mass is 9.95. The van der Waals surface area contributed by atoms with Crippen LogP contribution in [0.2, 0.25) is 0 Å². The molecule has 1 unspecified atom stereocenters. The molecule has 3 nitrogen and oxygen atoms in total. The lowest BCUT2D eigenvalue weighted by molar-refractivity contribution is 0.197. The van der Waals surface area contributed by atoms with Crippen LogP contribution in [0.1, 0.15) is 68.1 Å². The van der Waals surface area contributed by atoms with Gasteiger partial charge >= 0.3 is 0 Å². The van der Waals surface area contributed by atoms with E-state index in [-0.39, 0.29) is 0 Å². The summed E-state index contributed by atoms with van der Waals surface area (Å²) in [6.45, 7) is 5.90. The summed E-state index contributed by atoms with van der Waals surface area (Å²) in [7, 11) is 0. The van der Waals surface area contributed by atoms with Gasteiger partial charge in [-0.05, 0) is 33.6 Å². The minimum atomic E-state index is -0.405. The number of aliphatic hydroxyl groups is 1. The van der Waals surface area contributed by atoms with E-state index in [9.17, 15) is 5.11 Å². The Balaban J connectivity index is 2.30. The van der Waals surface area contributed by atoms with Gasteiger partial charge in [0.25, 0.3) is 0 Å². The molecule has 0 bridgehead atoms. The third-order valence-corrected chi connectivity index (χ3v) is 3.72. The molecule has 1 heterocycles. The highest BCUT2D eigenvalue weighted by molar-refractivity contribution is 5.26. The van der Waals surface area contributed by atoms with Gasteiger partial charge in [0.2, 0.25) is 0 Å². The number of hydrogen-bond acceptors (Lipinski definition) is 2. The highest BCUT2D eigenvalue weighted by Gasteiger charge is 2.22. The quantitative estimate of drug-likeness (QED) is 0.835. The van der Waals surface area contributed by atoms with Crippen LogP contribution in [0.5, 0.6) is 0 Å². The van der Waals surface area contributed by atoms with Gasteiger partial charge in [-0.2, -0.15) is 5.10 Å². The molecule has 1 aliphatic rings. The van der Waals surface area contributed by atoms with Crippen molar-refractivity contribution in [3.8, 4) is 0 Å². The number of nitrogens with zero attached hydrogens (tertiary/aromatic N) is 2. The summed E-state index contributed by atoms with van der Waals surface area (Å²) in [5, 5.41) is 14.4. The molecule has 1 atom stereocenters. The van der Waals surface area contributed by atoms with E-state index in [0.717, 1.165) is 17.0 Å².